The van der Waals surface area contributed by atoms with Gasteiger partial charge in [0.05, 0.1) is 0 Å². The van der Waals surface area contributed by atoms with Crippen molar-refractivity contribution in [2.75, 3.05) is 18.1 Å². The fraction of sp³-hybridized carbons (Fsp3) is 0.857. The first-order valence-corrected chi connectivity index (χ1v) is 8.46. The van der Waals surface area contributed by atoms with E-state index in [4.69, 9.17) is 0 Å². The molecule has 0 spiro atoms. The van der Waals surface area contributed by atoms with Crippen LogP contribution in [-0.2, 0) is 4.79 Å². The number of carboxylic acids is 1. The van der Waals surface area contributed by atoms with Crippen molar-refractivity contribution < 1.29 is 14.7 Å². The van der Waals surface area contributed by atoms with Crippen LogP contribution < -0.4 is 5.32 Å². The lowest BCUT2D eigenvalue weighted by Gasteiger charge is -2.41. The second-order valence-electron chi connectivity index (χ2n) is 5.52. The summed E-state index contributed by atoms with van der Waals surface area (Å²) in [6.07, 6.45) is 3.16. The van der Waals surface area contributed by atoms with Gasteiger partial charge in [0.15, 0.2) is 0 Å². The fourth-order valence-corrected chi connectivity index (χ4v) is 3.24. The number of carboxylic acid groups (broad SMARTS) is 1. The molecule has 1 aliphatic heterocycles. The molecule has 2 atom stereocenters. The molecule has 2 unspecified atom stereocenters. The van der Waals surface area contributed by atoms with Crippen molar-refractivity contribution in [1.82, 2.24) is 10.2 Å². The molecule has 0 saturated carbocycles. The highest BCUT2D eigenvalue weighted by Crippen LogP contribution is 2.28. The third-order valence-corrected chi connectivity index (χ3v) is 4.80. The monoisotopic (exact) mass is 302 g/mol. The fourth-order valence-electron chi connectivity index (χ4n) is 2.43. The molecule has 0 aromatic carbocycles. The smallest absolute Gasteiger partial charge is 0.329 e. The number of amides is 2. The number of thioether (sulfide) groups is 1. The van der Waals surface area contributed by atoms with Gasteiger partial charge >= 0.3 is 12.0 Å². The quantitative estimate of drug-likeness (QED) is 0.740. The lowest BCUT2D eigenvalue weighted by atomic mass is 9.89. The highest BCUT2D eigenvalue weighted by molar-refractivity contribution is 7.99. The van der Waals surface area contributed by atoms with E-state index in [0.29, 0.717) is 13.0 Å². The van der Waals surface area contributed by atoms with Crippen molar-refractivity contribution in [3.8, 4) is 0 Å². The molecule has 1 heterocycles. The Bertz CT molecular complexity index is 351. The van der Waals surface area contributed by atoms with Crippen LogP contribution in [0.5, 0.6) is 0 Å². The van der Waals surface area contributed by atoms with E-state index >= 15 is 0 Å². The van der Waals surface area contributed by atoms with Crippen LogP contribution in [0, 0.1) is 0 Å². The summed E-state index contributed by atoms with van der Waals surface area (Å²) in [4.78, 5) is 25.3. The Hall–Kier alpha value is -0.910. The summed E-state index contributed by atoms with van der Waals surface area (Å²) in [5.41, 5.74) is -1.07. The zero-order valence-electron chi connectivity index (χ0n) is 12.6. The molecule has 0 aromatic heterocycles. The first-order valence-electron chi connectivity index (χ1n) is 7.31. The highest BCUT2D eigenvalue weighted by Gasteiger charge is 2.44. The van der Waals surface area contributed by atoms with Crippen LogP contribution in [0.25, 0.3) is 0 Å². The lowest BCUT2D eigenvalue weighted by molar-refractivity contribution is -0.150. The summed E-state index contributed by atoms with van der Waals surface area (Å²) < 4.78 is 0. The molecule has 1 rings (SSSR count). The van der Waals surface area contributed by atoms with Crippen molar-refractivity contribution >= 4 is 23.8 Å². The van der Waals surface area contributed by atoms with Gasteiger partial charge in [0.2, 0.25) is 0 Å². The minimum Gasteiger partial charge on any atom is -0.480 e. The van der Waals surface area contributed by atoms with Gasteiger partial charge in [-0.2, -0.15) is 11.8 Å². The maximum Gasteiger partial charge on any atom is 0.329 e. The molecule has 0 aliphatic carbocycles. The third kappa shape index (κ3) is 4.30. The highest BCUT2D eigenvalue weighted by atomic mass is 32.2. The molecule has 0 aromatic rings. The van der Waals surface area contributed by atoms with Crippen LogP contribution >= 0.6 is 11.8 Å². The van der Waals surface area contributed by atoms with Gasteiger partial charge in [0.25, 0.3) is 0 Å². The van der Waals surface area contributed by atoms with Crippen molar-refractivity contribution in [2.24, 2.45) is 0 Å². The Morgan fingerprint density at radius 3 is 2.75 bits per heavy atom. The van der Waals surface area contributed by atoms with Gasteiger partial charge in [-0.3, -0.25) is 0 Å². The predicted octanol–water partition coefficient (Wildman–Crippen LogP) is 2.56. The molecule has 2 N–H and O–H groups in total. The summed E-state index contributed by atoms with van der Waals surface area (Å²) in [5.74, 6) is 1.17. The number of rotatable bonds is 6. The van der Waals surface area contributed by atoms with Gasteiger partial charge < -0.3 is 15.3 Å². The van der Waals surface area contributed by atoms with Crippen LogP contribution in [0.1, 0.15) is 46.5 Å². The first kappa shape index (κ1) is 17.1. The predicted molar refractivity (Wildman–Crippen MR) is 82.2 cm³/mol. The van der Waals surface area contributed by atoms with Gasteiger partial charge in [0.1, 0.15) is 5.54 Å². The van der Waals surface area contributed by atoms with Gasteiger partial charge in [-0.05, 0) is 51.0 Å². The number of aliphatic carboxylic acids is 1. The van der Waals surface area contributed by atoms with E-state index < -0.39 is 11.5 Å². The van der Waals surface area contributed by atoms with Gasteiger partial charge in [-0.15, -0.1) is 0 Å². The Morgan fingerprint density at radius 1 is 1.45 bits per heavy atom. The number of likely N-dealkylation sites (tertiary alicyclic amines) is 1. The van der Waals surface area contributed by atoms with Crippen LogP contribution in [0.3, 0.4) is 0 Å². The Labute approximate surface area is 125 Å². The first-order chi connectivity index (χ1) is 9.41. The number of nitrogens with zero attached hydrogens (tertiary/aromatic N) is 1. The Kier molecular flexibility index (Phi) is 6.65. The van der Waals surface area contributed by atoms with Crippen LogP contribution in [0.2, 0.25) is 0 Å². The van der Waals surface area contributed by atoms with E-state index in [1.165, 1.54) is 4.90 Å². The van der Waals surface area contributed by atoms with Crippen molar-refractivity contribution in [3.05, 3.63) is 0 Å². The van der Waals surface area contributed by atoms with E-state index in [2.05, 4.69) is 12.2 Å². The maximum absolute atomic E-state index is 12.3. The average molecular weight is 302 g/mol. The van der Waals surface area contributed by atoms with Crippen molar-refractivity contribution in [2.45, 2.75) is 58.0 Å². The molecule has 1 fully saturated rings. The number of nitrogens with one attached hydrogen (secondary N) is 1. The lowest BCUT2D eigenvalue weighted by Crippen LogP contribution is -2.60. The maximum atomic E-state index is 12.3. The molecule has 1 aliphatic rings. The Morgan fingerprint density at radius 2 is 2.15 bits per heavy atom. The van der Waals surface area contributed by atoms with E-state index in [9.17, 15) is 14.7 Å². The topological polar surface area (TPSA) is 69.6 Å². The molecule has 6 heteroatoms. The molecule has 5 nitrogen and oxygen atoms in total. The minimum absolute atomic E-state index is 0.0709. The van der Waals surface area contributed by atoms with Crippen LogP contribution in [-0.4, -0.2) is 51.6 Å². The van der Waals surface area contributed by atoms with E-state index in [1.54, 1.807) is 6.92 Å². The van der Waals surface area contributed by atoms with Crippen molar-refractivity contribution in [3.63, 3.8) is 0 Å². The largest absolute Gasteiger partial charge is 0.480 e. The number of piperidine rings is 1. The second-order valence-corrected chi connectivity index (χ2v) is 6.92. The van der Waals surface area contributed by atoms with E-state index in [-0.39, 0.29) is 12.1 Å². The summed E-state index contributed by atoms with van der Waals surface area (Å²) in [7, 11) is 0. The summed E-state index contributed by atoms with van der Waals surface area (Å²) in [6, 6.07) is -0.176. The molecule has 20 heavy (non-hydrogen) atoms. The SMILES string of the molecule is CCSCCC(C)NC(=O)N1CCCCC1(C)C(=O)O. The summed E-state index contributed by atoms with van der Waals surface area (Å²) >= 11 is 1.84. The third-order valence-electron chi connectivity index (χ3n) is 3.87. The normalized spacial score (nSPS) is 24.2. The number of carbonyl (C=O) groups excluding carboxylic acids is 1. The Balaban J connectivity index is 2.58. The van der Waals surface area contributed by atoms with Gasteiger partial charge in [0, 0.05) is 12.6 Å². The van der Waals surface area contributed by atoms with Gasteiger partial charge in [-0.1, -0.05) is 6.92 Å². The van der Waals surface area contributed by atoms with E-state index in [0.717, 1.165) is 30.8 Å². The molecule has 116 valence electrons. The summed E-state index contributed by atoms with van der Waals surface area (Å²) in [6.45, 7) is 6.24. The zero-order valence-corrected chi connectivity index (χ0v) is 13.5. The molecule has 1 saturated heterocycles. The molecule has 0 bridgehead atoms. The van der Waals surface area contributed by atoms with Crippen LogP contribution in [0.15, 0.2) is 0 Å². The number of hydrogen-bond donors (Lipinski definition) is 2. The average Bonchev–Trinajstić information content (AvgIpc) is 2.39. The molecular formula is C14H26N2O3S. The van der Waals surface area contributed by atoms with Crippen molar-refractivity contribution in [1.29, 1.82) is 0 Å². The summed E-state index contributed by atoms with van der Waals surface area (Å²) in [5, 5.41) is 12.3. The van der Waals surface area contributed by atoms with Crippen LogP contribution in [0.4, 0.5) is 4.79 Å². The number of carbonyl (C=O) groups is 2. The molecule has 2 amide bonds. The van der Waals surface area contributed by atoms with Gasteiger partial charge in [-0.25, -0.2) is 9.59 Å². The van der Waals surface area contributed by atoms with E-state index in [1.807, 2.05) is 18.7 Å². The number of urea groups is 1. The zero-order chi connectivity index (χ0) is 15.2. The second kappa shape index (κ2) is 7.76. The number of hydrogen-bond acceptors (Lipinski definition) is 3. The molecule has 0 radical (unpaired) electrons. The molecular weight excluding hydrogens is 276 g/mol. The standard InChI is InChI=1S/C14H26N2O3S/c1-4-20-10-7-11(2)15-13(19)16-9-6-5-8-14(16,3)12(17)18/h11H,4-10H2,1-3H3,(H,15,19)(H,17,18). The minimum atomic E-state index is -1.07.